The van der Waals surface area contributed by atoms with Crippen LogP contribution in [0.3, 0.4) is 0 Å². The van der Waals surface area contributed by atoms with Crippen LogP contribution in [-0.4, -0.2) is 18.0 Å². The van der Waals surface area contributed by atoms with E-state index < -0.39 is 5.41 Å². The van der Waals surface area contributed by atoms with Crippen molar-refractivity contribution < 1.29 is 9.53 Å². The fraction of sp³-hybridized carbons (Fsp3) is 0.455. The third-order valence-electron chi connectivity index (χ3n) is 1.89. The Morgan fingerprint density at radius 2 is 2.07 bits per heavy atom. The molecule has 1 amide bonds. The van der Waals surface area contributed by atoms with Gasteiger partial charge in [-0.3, -0.25) is 9.78 Å². The van der Waals surface area contributed by atoms with Gasteiger partial charge in [0.15, 0.2) is 0 Å². The van der Waals surface area contributed by atoms with Gasteiger partial charge >= 0.3 is 0 Å². The Morgan fingerprint density at radius 3 is 2.60 bits per heavy atom. The first kappa shape index (κ1) is 11.5. The van der Waals surface area contributed by atoms with E-state index in [9.17, 15) is 4.79 Å². The average Bonchev–Trinajstić information content (AvgIpc) is 2.16. The SMILES string of the molecule is COc1cncc(NC(=O)C(C)(C)C)c1. The monoisotopic (exact) mass is 208 g/mol. The van der Waals surface area contributed by atoms with Crippen LogP contribution in [0.15, 0.2) is 18.5 Å². The molecule has 0 spiro atoms. The van der Waals surface area contributed by atoms with E-state index in [-0.39, 0.29) is 5.91 Å². The van der Waals surface area contributed by atoms with E-state index >= 15 is 0 Å². The van der Waals surface area contributed by atoms with Gasteiger partial charge < -0.3 is 10.1 Å². The van der Waals surface area contributed by atoms with Crippen molar-refractivity contribution in [2.45, 2.75) is 20.8 Å². The van der Waals surface area contributed by atoms with Crippen LogP contribution >= 0.6 is 0 Å². The zero-order chi connectivity index (χ0) is 11.5. The first-order valence-corrected chi connectivity index (χ1v) is 4.74. The minimum atomic E-state index is -0.414. The number of pyridine rings is 1. The number of anilines is 1. The molecular weight excluding hydrogens is 192 g/mol. The van der Waals surface area contributed by atoms with Gasteiger partial charge in [-0.25, -0.2) is 0 Å². The van der Waals surface area contributed by atoms with Crippen LogP contribution in [0.1, 0.15) is 20.8 Å². The molecule has 4 nitrogen and oxygen atoms in total. The van der Waals surface area contributed by atoms with Gasteiger partial charge in [0.1, 0.15) is 5.75 Å². The van der Waals surface area contributed by atoms with E-state index in [1.165, 1.54) is 0 Å². The fourth-order valence-electron chi connectivity index (χ4n) is 0.917. The summed E-state index contributed by atoms with van der Waals surface area (Å²) in [6.45, 7) is 5.57. The van der Waals surface area contributed by atoms with Crippen LogP contribution < -0.4 is 10.1 Å². The highest BCUT2D eigenvalue weighted by atomic mass is 16.5. The number of aromatic nitrogens is 1. The van der Waals surface area contributed by atoms with Crippen LogP contribution in [0, 0.1) is 5.41 Å². The Kier molecular flexibility index (Phi) is 3.29. The van der Waals surface area contributed by atoms with Crippen molar-refractivity contribution in [3.8, 4) is 5.75 Å². The third kappa shape index (κ3) is 3.23. The maximum absolute atomic E-state index is 11.7. The molecule has 0 aliphatic heterocycles. The number of carbonyl (C=O) groups excluding carboxylic acids is 1. The number of amides is 1. The Hall–Kier alpha value is -1.58. The molecule has 0 saturated heterocycles. The van der Waals surface area contributed by atoms with Gasteiger partial charge in [0.25, 0.3) is 0 Å². The number of rotatable bonds is 2. The molecule has 82 valence electrons. The number of nitrogens with zero attached hydrogens (tertiary/aromatic N) is 1. The van der Waals surface area contributed by atoms with Crippen LogP contribution in [0.4, 0.5) is 5.69 Å². The lowest BCUT2D eigenvalue weighted by Crippen LogP contribution is -2.27. The molecule has 15 heavy (non-hydrogen) atoms. The second kappa shape index (κ2) is 4.29. The molecule has 4 heteroatoms. The van der Waals surface area contributed by atoms with E-state index in [0.29, 0.717) is 11.4 Å². The predicted octanol–water partition coefficient (Wildman–Crippen LogP) is 2.07. The fourth-order valence-corrected chi connectivity index (χ4v) is 0.917. The maximum Gasteiger partial charge on any atom is 0.229 e. The zero-order valence-corrected chi connectivity index (χ0v) is 9.50. The van der Waals surface area contributed by atoms with E-state index in [4.69, 9.17) is 4.74 Å². The number of hydrogen-bond acceptors (Lipinski definition) is 3. The summed E-state index contributed by atoms with van der Waals surface area (Å²) in [6, 6.07) is 1.73. The van der Waals surface area contributed by atoms with E-state index in [1.54, 1.807) is 25.6 Å². The van der Waals surface area contributed by atoms with Crippen LogP contribution in [0.2, 0.25) is 0 Å². The molecule has 0 aliphatic carbocycles. The summed E-state index contributed by atoms with van der Waals surface area (Å²) < 4.78 is 5.01. The number of hydrogen-bond donors (Lipinski definition) is 1. The van der Waals surface area contributed by atoms with Crippen molar-refractivity contribution >= 4 is 11.6 Å². The predicted molar refractivity (Wildman–Crippen MR) is 58.9 cm³/mol. The van der Waals surface area contributed by atoms with Crippen molar-refractivity contribution in [3.05, 3.63) is 18.5 Å². The molecule has 0 atom stereocenters. The van der Waals surface area contributed by atoms with Crippen LogP contribution in [0.5, 0.6) is 5.75 Å². The molecule has 0 bridgehead atoms. The molecule has 0 unspecified atom stereocenters. The molecule has 0 aromatic carbocycles. The van der Waals surface area contributed by atoms with Gasteiger partial charge in [0.05, 0.1) is 25.2 Å². The van der Waals surface area contributed by atoms with Gasteiger partial charge in [-0.2, -0.15) is 0 Å². The molecule has 0 saturated carbocycles. The lowest BCUT2D eigenvalue weighted by molar-refractivity contribution is -0.123. The summed E-state index contributed by atoms with van der Waals surface area (Å²) in [6.07, 6.45) is 3.18. The molecule has 1 N–H and O–H groups in total. The molecule has 1 aromatic rings. The molecule has 0 radical (unpaired) electrons. The van der Waals surface area contributed by atoms with Gasteiger partial charge in [-0.1, -0.05) is 20.8 Å². The maximum atomic E-state index is 11.7. The lowest BCUT2D eigenvalue weighted by atomic mass is 9.96. The average molecular weight is 208 g/mol. The summed E-state index contributed by atoms with van der Waals surface area (Å²) in [5, 5.41) is 2.78. The highest BCUT2D eigenvalue weighted by molar-refractivity contribution is 5.94. The number of nitrogens with one attached hydrogen (secondary N) is 1. The van der Waals surface area contributed by atoms with Crippen molar-refractivity contribution in [1.29, 1.82) is 0 Å². The highest BCUT2D eigenvalue weighted by Crippen LogP contribution is 2.19. The second-order valence-corrected chi connectivity index (χ2v) is 4.32. The summed E-state index contributed by atoms with van der Waals surface area (Å²) in [5.41, 5.74) is 0.234. The van der Waals surface area contributed by atoms with Gasteiger partial charge in [-0.05, 0) is 0 Å². The summed E-state index contributed by atoms with van der Waals surface area (Å²) in [7, 11) is 1.56. The summed E-state index contributed by atoms with van der Waals surface area (Å²) in [4.78, 5) is 15.6. The van der Waals surface area contributed by atoms with E-state index in [1.807, 2.05) is 20.8 Å². The van der Waals surface area contributed by atoms with Crippen molar-refractivity contribution in [2.24, 2.45) is 5.41 Å². The first-order valence-electron chi connectivity index (χ1n) is 4.74. The Balaban J connectivity index is 2.77. The van der Waals surface area contributed by atoms with E-state index in [2.05, 4.69) is 10.3 Å². The normalized spacial score (nSPS) is 10.9. The Bertz CT molecular complexity index is 356. The van der Waals surface area contributed by atoms with Crippen molar-refractivity contribution in [2.75, 3.05) is 12.4 Å². The third-order valence-corrected chi connectivity index (χ3v) is 1.89. The van der Waals surface area contributed by atoms with E-state index in [0.717, 1.165) is 0 Å². The quantitative estimate of drug-likeness (QED) is 0.809. The van der Waals surface area contributed by atoms with Crippen molar-refractivity contribution in [1.82, 2.24) is 4.98 Å². The molecule has 1 heterocycles. The van der Waals surface area contributed by atoms with Gasteiger partial charge in [0.2, 0.25) is 5.91 Å². The van der Waals surface area contributed by atoms with Gasteiger partial charge in [0, 0.05) is 11.5 Å². The smallest absolute Gasteiger partial charge is 0.229 e. The highest BCUT2D eigenvalue weighted by Gasteiger charge is 2.21. The zero-order valence-electron chi connectivity index (χ0n) is 9.50. The van der Waals surface area contributed by atoms with Crippen molar-refractivity contribution in [3.63, 3.8) is 0 Å². The Morgan fingerprint density at radius 1 is 1.40 bits per heavy atom. The van der Waals surface area contributed by atoms with Crippen LogP contribution in [-0.2, 0) is 4.79 Å². The summed E-state index contributed by atoms with van der Waals surface area (Å²) >= 11 is 0. The van der Waals surface area contributed by atoms with Gasteiger partial charge in [-0.15, -0.1) is 0 Å². The number of ether oxygens (including phenoxy) is 1. The molecule has 0 fully saturated rings. The number of methoxy groups -OCH3 is 1. The standard InChI is InChI=1S/C11H16N2O2/c1-11(2,3)10(14)13-8-5-9(15-4)7-12-6-8/h5-7H,1-4H3,(H,13,14). The molecular formula is C11H16N2O2. The minimum absolute atomic E-state index is 0.0439. The summed E-state index contributed by atoms with van der Waals surface area (Å²) in [5.74, 6) is 0.583. The minimum Gasteiger partial charge on any atom is -0.495 e. The first-order chi connectivity index (χ1) is 6.93. The Labute approximate surface area is 89.7 Å². The second-order valence-electron chi connectivity index (χ2n) is 4.32. The number of carbonyl (C=O) groups is 1. The largest absolute Gasteiger partial charge is 0.495 e. The molecule has 1 aromatic heterocycles. The molecule has 0 aliphatic rings. The molecule has 1 rings (SSSR count). The van der Waals surface area contributed by atoms with Crippen LogP contribution in [0.25, 0.3) is 0 Å². The topological polar surface area (TPSA) is 51.2 Å². The lowest BCUT2D eigenvalue weighted by Gasteiger charge is -2.17.